The van der Waals surface area contributed by atoms with Crippen molar-refractivity contribution in [3.8, 4) is 0 Å². The molecule has 1 aromatic rings. The van der Waals surface area contributed by atoms with Crippen LogP contribution in [-0.4, -0.2) is 29.5 Å². The Labute approximate surface area is 116 Å². The van der Waals surface area contributed by atoms with Gasteiger partial charge in [0.05, 0.1) is 11.4 Å². The molecule has 0 saturated heterocycles. The number of aromatic nitrogens is 2. The van der Waals surface area contributed by atoms with Crippen molar-refractivity contribution in [3.05, 3.63) is 11.4 Å². The molecule has 5 nitrogen and oxygen atoms in total. The monoisotopic (exact) mass is 335 g/mol. The lowest BCUT2D eigenvalue weighted by Gasteiger charge is -2.27. The van der Waals surface area contributed by atoms with E-state index >= 15 is 0 Å². The van der Waals surface area contributed by atoms with Gasteiger partial charge in [0.2, 0.25) is 10.0 Å². The minimum atomic E-state index is -3.51. The van der Waals surface area contributed by atoms with Crippen LogP contribution in [0.2, 0.25) is 0 Å². The summed E-state index contributed by atoms with van der Waals surface area (Å²) in [5, 5.41) is 7.32. The number of hydrogen-bond acceptors (Lipinski definition) is 3. The first kappa shape index (κ1) is 14.0. The largest absolute Gasteiger partial charge is 0.281 e. The number of rotatable bonds is 4. The number of hydrogen-bond donors (Lipinski definition) is 2. The lowest BCUT2D eigenvalue weighted by Crippen LogP contribution is -2.47. The number of sulfonamides is 1. The van der Waals surface area contributed by atoms with Gasteiger partial charge in [0.1, 0.15) is 4.90 Å². The van der Waals surface area contributed by atoms with Crippen LogP contribution >= 0.6 is 15.9 Å². The number of aryl methyl sites for hydroxylation is 2. The standard InChI is InChI=1S/C11H18BrN3O2S/c1-8-10(9(2)14-13-8)18(16,17)15-11(7-12)5-3-4-6-11/h15H,3-7H2,1-2H3,(H,13,14). The molecular weight excluding hydrogens is 318 g/mol. The molecule has 1 aromatic heterocycles. The molecule has 0 amide bonds. The van der Waals surface area contributed by atoms with Crippen LogP contribution in [0.15, 0.2) is 4.90 Å². The molecule has 0 spiro atoms. The van der Waals surface area contributed by atoms with Crippen molar-refractivity contribution in [2.75, 3.05) is 5.33 Å². The van der Waals surface area contributed by atoms with E-state index in [2.05, 4.69) is 30.8 Å². The van der Waals surface area contributed by atoms with Gasteiger partial charge in [-0.3, -0.25) is 5.10 Å². The van der Waals surface area contributed by atoms with Crippen molar-refractivity contribution in [2.24, 2.45) is 0 Å². The average molecular weight is 336 g/mol. The molecule has 1 heterocycles. The predicted molar refractivity (Wildman–Crippen MR) is 73.4 cm³/mol. The number of H-pyrrole nitrogens is 1. The van der Waals surface area contributed by atoms with E-state index < -0.39 is 10.0 Å². The number of nitrogens with one attached hydrogen (secondary N) is 2. The van der Waals surface area contributed by atoms with Crippen molar-refractivity contribution in [2.45, 2.75) is 50.0 Å². The molecule has 1 saturated carbocycles. The van der Waals surface area contributed by atoms with Gasteiger partial charge in [-0.1, -0.05) is 28.8 Å². The second-order valence-corrected chi connectivity index (χ2v) is 7.17. The SMILES string of the molecule is Cc1n[nH]c(C)c1S(=O)(=O)NC1(CBr)CCCC1. The average Bonchev–Trinajstić information content (AvgIpc) is 2.86. The Balaban J connectivity index is 2.33. The maximum Gasteiger partial charge on any atom is 0.244 e. The summed E-state index contributed by atoms with van der Waals surface area (Å²) >= 11 is 3.44. The summed E-state index contributed by atoms with van der Waals surface area (Å²) in [6.45, 7) is 3.43. The van der Waals surface area contributed by atoms with Crippen LogP contribution < -0.4 is 4.72 Å². The van der Waals surface area contributed by atoms with Crippen LogP contribution in [0.4, 0.5) is 0 Å². The summed E-state index contributed by atoms with van der Waals surface area (Å²) in [6.07, 6.45) is 3.90. The summed E-state index contributed by atoms with van der Waals surface area (Å²) in [7, 11) is -3.51. The first-order valence-corrected chi connectivity index (χ1v) is 8.62. The predicted octanol–water partition coefficient (Wildman–Crippen LogP) is 2.01. The minimum absolute atomic E-state index is 0.287. The van der Waals surface area contributed by atoms with Crippen LogP contribution in [0.5, 0.6) is 0 Å². The summed E-state index contributed by atoms with van der Waals surface area (Å²) in [5.41, 5.74) is 0.764. The topological polar surface area (TPSA) is 74.8 Å². The normalized spacial score (nSPS) is 19.3. The molecule has 1 aliphatic carbocycles. The summed E-state index contributed by atoms with van der Waals surface area (Å²) in [4.78, 5) is 0.287. The van der Waals surface area contributed by atoms with Crippen molar-refractivity contribution in [3.63, 3.8) is 0 Å². The third-order valence-electron chi connectivity index (χ3n) is 3.50. The minimum Gasteiger partial charge on any atom is -0.281 e. The first-order valence-electron chi connectivity index (χ1n) is 6.02. The molecule has 0 aromatic carbocycles. The quantitative estimate of drug-likeness (QED) is 0.826. The molecular formula is C11H18BrN3O2S. The molecule has 2 rings (SSSR count). The summed E-state index contributed by atoms with van der Waals surface area (Å²) in [6, 6.07) is 0. The van der Waals surface area contributed by atoms with Crippen LogP contribution in [0.1, 0.15) is 37.1 Å². The van der Waals surface area contributed by atoms with Crippen molar-refractivity contribution < 1.29 is 8.42 Å². The number of aromatic amines is 1. The Hall–Kier alpha value is -0.400. The van der Waals surface area contributed by atoms with E-state index in [0.29, 0.717) is 16.7 Å². The van der Waals surface area contributed by atoms with Gasteiger partial charge in [0.25, 0.3) is 0 Å². The van der Waals surface area contributed by atoms with E-state index in [1.54, 1.807) is 13.8 Å². The lowest BCUT2D eigenvalue weighted by molar-refractivity contribution is 0.437. The highest BCUT2D eigenvalue weighted by Gasteiger charge is 2.38. The Morgan fingerprint density at radius 1 is 1.39 bits per heavy atom. The van der Waals surface area contributed by atoms with E-state index in [-0.39, 0.29) is 10.4 Å². The maximum absolute atomic E-state index is 12.5. The fraction of sp³-hybridized carbons (Fsp3) is 0.727. The van der Waals surface area contributed by atoms with Gasteiger partial charge in [0.15, 0.2) is 0 Å². The molecule has 0 aliphatic heterocycles. The van der Waals surface area contributed by atoms with Crippen LogP contribution in [-0.2, 0) is 10.0 Å². The van der Waals surface area contributed by atoms with Gasteiger partial charge in [-0.2, -0.15) is 5.10 Å². The molecule has 0 radical (unpaired) electrons. The first-order chi connectivity index (χ1) is 8.40. The van der Waals surface area contributed by atoms with E-state index in [4.69, 9.17) is 0 Å². The van der Waals surface area contributed by atoms with Gasteiger partial charge in [-0.25, -0.2) is 13.1 Å². The van der Waals surface area contributed by atoms with Gasteiger partial charge >= 0.3 is 0 Å². The number of nitrogens with zero attached hydrogens (tertiary/aromatic N) is 1. The van der Waals surface area contributed by atoms with Crippen LogP contribution in [0.3, 0.4) is 0 Å². The van der Waals surface area contributed by atoms with Gasteiger partial charge < -0.3 is 0 Å². The second kappa shape index (κ2) is 4.94. The van der Waals surface area contributed by atoms with E-state index in [1.807, 2.05) is 0 Å². The Morgan fingerprint density at radius 3 is 2.44 bits per heavy atom. The lowest BCUT2D eigenvalue weighted by atomic mass is 10.0. The molecule has 1 fully saturated rings. The maximum atomic E-state index is 12.5. The summed E-state index contributed by atoms with van der Waals surface area (Å²) < 4.78 is 27.8. The van der Waals surface area contributed by atoms with Gasteiger partial charge in [0, 0.05) is 10.9 Å². The molecule has 102 valence electrons. The molecule has 2 N–H and O–H groups in total. The number of halogens is 1. The van der Waals surface area contributed by atoms with Crippen molar-refractivity contribution in [1.82, 2.24) is 14.9 Å². The number of alkyl halides is 1. The molecule has 1 aliphatic rings. The highest BCUT2D eigenvalue weighted by atomic mass is 79.9. The molecule has 0 unspecified atom stereocenters. The van der Waals surface area contributed by atoms with E-state index in [1.165, 1.54) is 0 Å². The highest BCUT2D eigenvalue weighted by Crippen LogP contribution is 2.33. The summed E-state index contributed by atoms with van der Waals surface area (Å²) in [5.74, 6) is 0. The Kier molecular flexibility index (Phi) is 3.85. The second-order valence-electron chi connectivity index (χ2n) is 4.99. The van der Waals surface area contributed by atoms with Gasteiger partial charge in [-0.05, 0) is 26.7 Å². The highest BCUT2D eigenvalue weighted by molar-refractivity contribution is 9.09. The Bertz CT molecular complexity index is 513. The smallest absolute Gasteiger partial charge is 0.244 e. The zero-order valence-electron chi connectivity index (χ0n) is 10.6. The third-order valence-corrected chi connectivity index (χ3v) is 6.41. The van der Waals surface area contributed by atoms with Crippen molar-refractivity contribution >= 4 is 26.0 Å². The zero-order chi connectivity index (χ0) is 13.4. The van der Waals surface area contributed by atoms with Gasteiger partial charge in [-0.15, -0.1) is 0 Å². The molecule has 18 heavy (non-hydrogen) atoms. The fourth-order valence-corrected chi connectivity index (χ4v) is 5.31. The van der Waals surface area contributed by atoms with Crippen LogP contribution in [0, 0.1) is 13.8 Å². The Morgan fingerprint density at radius 2 is 2.00 bits per heavy atom. The van der Waals surface area contributed by atoms with E-state index in [9.17, 15) is 8.42 Å². The third kappa shape index (κ3) is 2.48. The fourth-order valence-electron chi connectivity index (χ4n) is 2.59. The molecule has 0 bridgehead atoms. The van der Waals surface area contributed by atoms with Crippen molar-refractivity contribution in [1.29, 1.82) is 0 Å². The van der Waals surface area contributed by atoms with E-state index in [0.717, 1.165) is 25.7 Å². The molecule has 7 heteroatoms. The molecule has 0 atom stereocenters. The zero-order valence-corrected chi connectivity index (χ0v) is 13.0. The van der Waals surface area contributed by atoms with Crippen LogP contribution in [0.25, 0.3) is 0 Å².